The van der Waals surface area contributed by atoms with Crippen LogP contribution in [-0.4, -0.2) is 26.3 Å². The molecular weight excluding hydrogens is 190 g/mol. The number of rotatable bonds is 3. The Bertz CT molecular complexity index is 449. The van der Waals surface area contributed by atoms with E-state index in [1.54, 1.807) is 17.1 Å². The number of hydrogen-bond acceptors (Lipinski definition) is 4. The summed E-state index contributed by atoms with van der Waals surface area (Å²) < 4.78 is 1.73. The maximum Gasteiger partial charge on any atom is 0.164 e. The molecule has 2 aromatic rings. The van der Waals surface area contributed by atoms with E-state index in [9.17, 15) is 0 Å². The first kappa shape index (κ1) is 9.64. The molecule has 2 aromatic heterocycles. The Kier molecular flexibility index (Phi) is 2.62. The van der Waals surface area contributed by atoms with Crippen LogP contribution < -0.4 is 5.32 Å². The minimum Gasteiger partial charge on any atom is -0.370 e. The number of nitrogens with one attached hydrogen (secondary N) is 1. The molecule has 0 atom stereocenters. The van der Waals surface area contributed by atoms with Gasteiger partial charge in [-0.15, -0.1) is 0 Å². The van der Waals surface area contributed by atoms with Crippen LogP contribution in [0.1, 0.15) is 6.92 Å². The molecule has 0 saturated carbocycles. The average Bonchev–Trinajstić information content (AvgIpc) is 2.66. The predicted molar refractivity (Wildman–Crippen MR) is 58.4 cm³/mol. The molecule has 5 heteroatoms. The van der Waals surface area contributed by atoms with E-state index < -0.39 is 0 Å². The van der Waals surface area contributed by atoms with E-state index in [4.69, 9.17) is 0 Å². The van der Waals surface area contributed by atoms with Crippen molar-refractivity contribution in [3.05, 3.63) is 24.7 Å². The fourth-order valence-electron chi connectivity index (χ4n) is 1.31. The highest BCUT2D eigenvalue weighted by Crippen LogP contribution is 2.14. The third-order valence-electron chi connectivity index (χ3n) is 1.98. The second-order valence-corrected chi connectivity index (χ2v) is 3.20. The van der Waals surface area contributed by atoms with Gasteiger partial charge in [0.2, 0.25) is 0 Å². The van der Waals surface area contributed by atoms with Gasteiger partial charge < -0.3 is 5.32 Å². The molecule has 15 heavy (non-hydrogen) atoms. The van der Waals surface area contributed by atoms with Crippen molar-refractivity contribution in [2.45, 2.75) is 6.92 Å². The molecule has 0 aliphatic heterocycles. The number of aromatic nitrogens is 4. The second kappa shape index (κ2) is 4.08. The van der Waals surface area contributed by atoms with Gasteiger partial charge in [-0.25, -0.2) is 9.97 Å². The molecule has 0 aromatic carbocycles. The van der Waals surface area contributed by atoms with Gasteiger partial charge in [0, 0.05) is 26.0 Å². The van der Waals surface area contributed by atoms with E-state index in [0.717, 1.165) is 17.9 Å². The van der Waals surface area contributed by atoms with Gasteiger partial charge >= 0.3 is 0 Å². The maximum absolute atomic E-state index is 4.37. The fourth-order valence-corrected chi connectivity index (χ4v) is 1.31. The first-order valence-corrected chi connectivity index (χ1v) is 4.85. The van der Waals surface area contributed by atoms with Gasteiger partial charge in [0.05, 0.1) is 11.8 Å². The van der Waals surface area contributed by atoms with Crippen molar-refractivity contribution in [1.29, 1.82) is 0 Å². The van der Waals surface area contributed by atoms with Crippen LogP contribution in [0.5, 0.6) is 0 Å². The van der Waals surface area contributed by atoms with E-state index in [1.165, 1.54) is 0 Å². The normalized spacial score (nSPS) is 10.3. The number of hydrogen-bond donors (Lipinski definition) is 1. The van der Waals surface area contributed by atoms with E-state index in [2.05, 4.69) is 20.4 Å². The number of nitrogens with zero attached hydrogens (tertiary/aromatic N) is 4. The second-order valence-electron chi connectivity index (χ2n) is 3.20. The summed E-state index contributed by atoms with van der Waals surface area (Å²) in [5.41, 5.74) is 0.928. The highest BCUT2D eigenvalue weighted by molar-refractivity contribution is 5.54. The molecule has 0 aliphatic carbocycles. The van der Waals surface area contributed by atoms with Crippen LogP contribution in [0.25, 0.3) is 11.4 Å². The summed E-state index contributed by atoms with van der Waals surface area (Å²) in [7, 11) is 1.87. The molecule has 78 valence electrons. The summed E-state index contributed by atoms with van der Waals surface area (Å²) in [5.74, 6) is 1.54. The van der Waals surface area contributed by atoms with Crippen LogP contribution in [-0.2, 0) is 7.05 Å². The zero-order chi connectivity index (χ0) is 10.7. The van der Waals surface area contributed by atoms with Gasteiger partial charge in [0.1, 0.15) is 5.82 Å². The van der Waals surface area contributed by atoms with Gasteiger partial charge in [-0.3, -0.25) is 4.68 Å². The molecule has 0 saturated heterocycles. The highest BCUT2D eigenvalue weighted by atomic mass is 15.2. The lowest BCUT2D eigenvalue weighted by molar-refractivity contribution is 0.768. The minimum atomic E-state index is 0.696. The smallest absolute Gasteiger partial charge is 0.164 e. The summed E-state index contributed by atoms with van der Waals surface area (Å²) >= 11 is 0. The van der Waals surface area contributed by atoms with E-state index in [0.29, 0.717) is 5.82 Å². The van der Waals surface area contributed by atoms with Crippen LogP contribution >= 0.6 is 0 Å². The molecule has 0 spiro atoms. The zero-order valence-electron chi connectivity index (χ0n) is 8.81. The summed E-state index contributed by atoms with van der Waals surface area (Å²) in [4.78, 5) is 8.57. The Morgan fingerprint density at radius 1 is 1.47 bits per heavy atom. The molecule has 2 rings (SSSR count). The standard InChI is InChI=1S/C10H13N5/c1-3-11-9-4-5-12-10(14-9)8-6-13-15(2)7-8/h4-7H,3H2,1-2H3,(H,11,12,14). The third kappa shape index (κ3) is 2.12. The van der Waals surface area contributed by atoms with Crippen molar-refractivity contribution < 1.29 is 0 Å². The average molecular weight is 203 g/mol. The zero-order valence-corrected chi connectivity index (χ0v) is 8.81. The van der Waals surface area contributed by atoms with E-state index in [1.807, 2.05) is 26.2 Å². The van der Waals surface area contributed by atoms with E-state index >= 15 is 0 Å². The molecule has 0 bridgehead atoms. The number of aryl methyl sites for hydroxylation is 1. The van der Waals surface area contributed by atoms with E-state index in [-0.39, 0.29) is 0 Å². The van der Waals surface area contributed by atoms with Gasteiger partial charge in [0.25, 0.3) is 0 Å². The summed E-state index contributed by atoms with van der Waals surface area (Å²) in [6.07, 6.45) is 5.39. The monoisotopic (exact) mass is 203 g/mol. The van der Waals surface area contributed by atoms with Crippen molar-refractivity contribution >= 4 is 5.82 Å². The van der Waals surface area contributed by atoms with Gasteiger partial charge in [-0.1, -0.05) is 0 Å². The van der Waals surface area contributed by atoms with Gasteiger partial charge in [0.15, 0.2) is 5.82 Å². The van der Waals surface area contributed by atoms with Crippen LogP contribution in [0, 0.1) is 0 Å². The van der Waals surface area contributed by atoms with Crippen LogP contribution in [0.2, 0.25) is 0 Å². The van der Waals surface area contributed by atoms with Crippen LogP contribution in [0.3, 0.4) is 0 Å². The molecular formula is C10H13N5. The van der Waals surface area contributed by atoms with Crippen LogP contribution in [0.4, 0.5) is 5.82 Å². The summed E-state index contributed by atoms with van der Waals surface area (Å²) in [5, 5.41) is 7.23. The molecule has 1 N–H and O–H groups in total. The molecule has 0 amide bonds. The molecule has 0 unspecified atom stereocenters. The molecule has 0 aliphatic rings. The molecule has 2 heterocycles. The Morgan fingerprint density at radius 3 is 3.00 bits per heavy atom. The predicted octanol–water partition coefficient (Wildman–Crippen LogP) is 1.31. The Labute approximate surface area is 88.2 Å². The highest BCUT2D eigenvalue weighted by Gasteiger charge is 2.03. The minimum absolute atomic E-state index is 0.696. The lowest BCUT2D eigenvalue weighted by atomic mass is 10.3. The summed E-state index contributed by atoms with van der Waals surface area (Å²) in [6, 6.07) is 1.85. The SMILES string of the molecule is CCNc1ccnc(-c2cnn(C)c2)n1. The maximum atomic E-state index is 4.37. The third-order valence-corrected chi connectivity index (χ3v) is 1.98. The van der Waals surface area contributed by atoms with Gasteiger partial charge in [-0.05, 0) is 13.0 Å². The Morgan fingerprint density at radius 2 is 2.33 bits per heavy atom. The topological polar surface area (TPSA) is 55.6 Å². The lowest BCUT2D eigenvalue weighted by Gasteiger charge is -2.02. The van der Waals surface area contributed by atoms with Crippen molar-refractivity contribution in [3.63, 3.8) is 0 Å². The van der Waals surface area contributed by atoms with Crippen molar-refractivity contribution in [1.82, 2.24) is 19.7 Å². The van der Waals surface area contributed by atoms with Crippen molar-refractivity contribution in [2.75, 3.05) is 11.9 Å². The largest absolute Gasteiger partial charge is 0.370 e. The van der Waals surface area contributed by atoms with Crippen molar-refractivity contribution in [2.24, 2.45) is 7.05 Å². The molecule has 0 radical (unpaired) electrons. The first-order chi connectivity index (χ1) is 7.29. The fraction of sp³-hybridized carbons (Fsp3) is 0.300. The Balaban J connectivity index is 2.32. The first-order valence-electron chi connectivity index (χ1n) is 4.85. The molecule has 5 nitrogen and oxygen atoms in total. The summed E-state index contributed by atoms with van der Waals surface area (Å²) in [6.45, 7) is 2.88. The Hall–Kier alpha value is -1.91. The van der Waals surface area contributed by atoms with Crippen molar-refractivity contribution in [3.8, 4) is 11.4 Å². The number of anilines is 1. The lowest BCUT2D eigenvalue weighted by Crippen LogP contribution is -2.00. The molecule has 0 fully saturated rings. The van der Waals surface area contributed by atoms with Gasteiger partial charge in [-0.2, -0.15) is 5.10 Å². The quantitative estimate of drug-likeness (QED) is 0.817. The van der Waals surface area contributed by atoms with Crippen LogP contribution in [0.15, 0.2) is 24.7 Å².